The summed E-state index contributed by atoms with van der Waals surface area (Å²) >= 11 is 0. The monoisotopic (exact) mass is 329 g/mol. The van der Waals surface area contributed by atoms with E-state index in [0.717, 1.165) is 12.0 Å². The lowest BCUT2D eigenvalue weighted by atomic mass is 10.2. The van der Waals surface area contributed by atoms with Gasteiger partial charge in [0.2, 0.25) is 0 Å². The SMILES string of the molecule is CCc1ccc(OCC(=O)NCc2cc(OC)cc(OC)c2)cc1. The molecule has 0 aliphatic carbocycles. The number of ether oxygens (including phenoxy) is 3. The van der Waals surface area contributed by atoms with Crippen molar-refractivity contribution in [3.63, 3.8) is 0 Å². The van der Waals surface area contributed by atoms with E-state index in [2.05, 4.69) is 12.2 Å². The van der Waals surface area contributed by atoms with Crippen LogP contribution in [-0.4, -0.2) is 26.7 Å². The van der Waals surface area contributed by atoms with E-state index in [1.165, 1.54) is 5.56 Å². The summed E-state index contributed by atoms with van der Waals surface area (Å²) in [5.41, 5.74) is 2.13. The third-order valence-electron chi connectivity index (χ3n) is 3.60. The normalized spacial score (nSPS) is 10.1. The number of rotatable bonds is 8. The van der Waals surface area contributed by atoms with E-state index in [0.29, 0.717) is 23.8 Å². The van der Waals surface area contributed by atoms with Crippen molar-refractivity contribution < 1.29 is 19.0 Å². The third-order valence-corrected chi connectivity index (χ3v) is 3.60. The first-order valence-corrected chi connectivity index (χ1v) is 7.85. The molecule has 0 saturated heterocycles. The van der Waals surface area contributed by atoms with E-state index in [1.807, 2.05) is 36.4 Å². The molecule has 2 aromatic carbocycles. The molecule has 1 N–H and O–H groups in total. The lowest BCUT2D eigenvalue weighted by Gasteiger charge is -2.10. The van der Waals surface area contributed by atoms with Crippen molar-refractivity contribution in [2.24, 2.45) is 0 Å². The standard InChI is InChI=1S/C19H23NO4/c1-4-14-5-7-16(8-6-14)24-13-19(21)20-12-15-9-17(22-2)11-18(10-15)23-3/h5-11H,4,12-13H2,1-3H3,(H,20,21). The smallest absolute Gasteiger partial charge is 0.258 e. The van der Waals surface area contributed by atoms with E-state index < -0.39 is 0 Å². The van der Waals surface area contributed by atoms with Crippen molar-refractivity contribution in [1.29, 1.82) is 0 Å². The van der Waals surface area contributed by atoms with Gasteiger partial charge < -0.3 is 19.5 Å². The van der Waals surface area contributed by atoms with Crippen LogP contribution in [0.15, 0.2) is 42.5 Å². The Morgan fingerprint density at radius 3 is 2.08 bits per heavy atom. The van der Waals surface area contributed by atoms with Crippen LogP contribution < -0.4 is 19.5 Å². The predicted octanol–water partition coefficient (Wildman–Crippen LogP) is 2.96. The minimum absolute atomic E-state index is 0.0213. The van der Waals surface area contributed by atoms with Crippen LogP contribution in [0.1, 0.15) is 18.1 Å². The van der Waals surface area contributed by atoms with Gasteiger partial charge in [0.15, 0.2) is 6.61 Å². The Kier molecular flexibility index (Phi) is 6.49. The summed E-state index contributed by atoms with van der Waals surface area (Å²) in [4.78, 5) is 11.9. The highest BCUT2D eigenvalue weighted by molar-refractivity contribution is 5.77. The number of hydrogen-bond donors (Lipinski definition) is 1. The Morgan fingerprint density at radius 2 is 1.54 bits per heavy atom. The fraction of sp³-hybridized carbons (Fsp3) is 0.316. The van der Waals surface area contributed by atoms with Gasteiger partial charge in [0, 0.05) is 12.6 Å². The second-order valence-corrected chi connectivity index (χ2v) is 5.28. The van der Waals surface area contributed by atoms with Crippen LogP contribution in [0.3, 0.4) is 0 Å². The lowest BCUT2D eigenvalue weighted by molar-refractivity contribution is -0.123. The Labute approximate surface area is 142 Å². The van der Waals surface area contributed by atoms with Crippen molar-refractivity contribution in [2.45, 2.75) is 19.9 Å². The second kappa shape index (κ2) is 8.82. The largest absolute Gasteiger partial charge is 0.497 e. The van der Waals surface area contributed by atoms with Gasteiger partial charge in [0.25, 0.3) is 5.91 Å². The summed E-state index contributed by atoms with van der Waals surface area (Å²) in [5, 5.41) is 2.82. The summed E-state index contributed by atoms with van der Waals surface area (Å²) in [5.74, 6) is 1.87. The van der Waals surface area contributed by atoms with Gasteiger partial charge in [0.1, 0.15) is 17.2 Å². The second-order valence-electron chi connectivity index (χ2n) is 5.28. The van der Waals surface area contributed by atoms with E-state index in [9.17, 15) is 4.79 Å². The number of carbonyl (C=O) groups is 1. The molecule has 0 fully saturated rings. The van der Waals surface area contributed by atoms with Crippen LogP contribution in [0.4, 0.5) is 0 Å². The molecule has 5 heteroatoms. The minimum Gasteiger partial charge on any atom is -0.497 e. The van der Waals surface area contributed by atoms with Gasteiger partial charge in [-0.2, -0.15) is 0 Å². The van der Waals surface area contributed by atoms with Crippen LogP contribution in [0.2, 0.25) is 0 Å². The molecule has 0 radical (unpaired) electrons. The van der Waals surface area contributed by atoms with Gasteiger partial charge >= 0.3 is 0 Å². The van der Waals surface area contributed by atoms with E-state index in [4.69, 9.17) is 14.2 Å². The molecule has 5 nitrogen and oxygen atoms in total. The van der Waals surface area contributed by atoms with Gasteiger partial charge in [-0.1, -0.05) is 19.1 Å². The minimum atomic E-state index is -0.184. The van der Waals surface area contributed by atoms with Crippen LogP contribution in [0.25, 0.3) is 0 Å². The summed E-state index contributed by atoms with van der Waals surface area (Å²) < 4.78 is 15.9. The van der Waals surface area contributed by atoms with E-state index in [-0.39, 0.29) is 12.5 Å². The zero-order valence-corrected chi connectivity index (χ0v) is 14.3. The molecule has 0 atom stereocenters. The topological polar surface area (TPSA) is 56.8 Å². The summed E-state index contributed by atoms with van der Waals surface area (Å²) in [6, 6.07) is 13.2. The quantitative estimate of drug-likeness (QED) is 0.809. The molecule has 0 unspecified atom stereocenters. The Morgan fingerprint density at radius 1 is 0.917 bits per heavy atom. The summed E-state index contributed by atoms with van der Waals surface area (Å²) in [7, 11) is 3.18. The first kappa shape index (κ1) is 17.7. The molecule has 0 spiro atoms. The van der Waals surface area contributed by atoms with E-state index >= 15 is 0 Å². The van der Waals surface area contributed by atoms with Crippen molar-refractivity contribution in [3.8, 4) is 17.2 Å². The number of methoxy groups -OCH3 is 2. The average Bonchev–Trinajstić information content (AvgIpc) is 2.64. The molecule has 2 aromatic rings. The van der Waals surface area contributed by atoms with Gasteiger partial charge in [-0.25, -0.2) is 0 Å². The first-order chi connectivity index (χ1) is 11.6. The fourth-order valence-corrected chi connectivity index (χ4v) is 2.19. The molecule has 0 saturated carbocycles. The molecule has 0 heterocycles. The first-order valence-electron chi connectivity index (χ1n) is 7.85. The fourth-order valence-electron chi connectivity index (χ4n) is 2.19. The number of hydrogen-bond acceptors (Lipinski definition) is 4. The molecular formula is C19H23NO4. The van der Waals surface area contributed by atoms with Crippen molar-refractivity contribution >= 4 is 5.91 Å². The maximum atomic E-state index is 11.9. The summed E-state index contributed by atoms with van der Waals surface area (Å²) in [6.07, 6.45) is 0.977. The third kappa shape index (κ3) is 5.19. The van der Waals surface area contributed by atoms with Crippen LogP contribution in [0.5, 0.6) is 17.2 Å². The predicted molar refractivity (Wildman–Crippen MR) is 92.7 cm³/mol. The highest BCUT2D eigenvalue weighted by Gasteiger charge is 2.06. The van der Waals surface area contributed by atoms with Gasteiger partial charge in [0.05, 0.1) is 14.2 Å². The molecular weight excluding hydrogens is 306 g/mol. The highest BCUT2D eigenvalue weighted by atomic mass is 16.5. The average molecular weight is 329 g/mol. The Bertz CT molecular complexity index is 645. The van der Waals surface area contributed by atoms with Gasteiger partial charge in [-0.15, -0.1) is 0 Å². The molecule has 1 amide bonds. The van der Waals surface area contributed by atoms with Crippen LogP contribution >= 0.6 is 0 Å². The molecule has 128 valence electrons. The molecule has 0 bridgehead atoms. The summed E-state index contributed by atoms with van der Waals surface area (Å²) in [6.45, 7) is 2.45. The van der Waals surface area contributed by atoms with Gasteiger partial charge in [-0.05, 0) is 41.8 Å². The van der Waals surface area contributed by atoms with Crippen LogP contribution in [0, 0.1) is 0 Å². The van der Waals surface area contributed by atoms with Crippen molar-refractivity contribution in [3.05, 3.63) is 53.6 Å². The number of amides is 1. The number of carbonyl (C=O) groups excluding carboxylic acids is 1. The van der Waals surface area contributed by atoms with Crippen molar-refractivity contribution in [2.75, 3.05) is 20.8 Å². The highest BCUT2D eigenvalue weighted by Crippen LogP contribution is 2.22. The van der Waals surface area contributed by atoms with E-state index in [1.54, 1.807) is 20.3 Å². The van der Waals surface area contributed by atoms with Gasteiger partial charge in [-0.3, -0.25) is 4.79 Å². The Hall–Kier alpha value is -2.69. The molecule has 2 rings (SSSR count). The Balaban J connectivity index is 1.84. The maximum Gasteiger partial charge on any atom is 0.258 e. The molecule has 0 aromatic heterocycles. The number of nitrogens with one attached hydrogen (secondary N) is 1. The molecule has 0 aliphatic rings. The number of benzene rings is 2. The lowest BCUT2D eigenvalue weighted by Crippen LogP contribution is -2.28. The van der Waals surface area contributed by atoms with Crippen LogP contribution in [-0.2, 0) is 17.8 Å². The zero-order valence-electron chi connectivity index (χ0n) is 14.3. The maximum absolute atomic E-state index is 11.9. The van der Waals surface area contributed by atoms with Crippen molar-refractivity contribution in [1.82, 2.24) is 5.32 Å². The zero-order chi connectivity index (χ0) is 17.4. The number of aryl methyl sites for hydroxylation is 1. The molecule has 0 aliphatic heterocycles. The molecule has 24 heavy (non-hydrogen) atoms.